The molecule has 0 bridgehead atoms. The molecule has 102 valence electrons. The molecule has 0 aromatic carbocycles. The number of nitrogens with zero attached hydrogens (tertiary/aromatic N) is 1. The van der Waals surface area contributed by atoms with Crippen LogP contribution in [-0.2, 0) is 14.8 Å². The predicted octanol–water partition coefficient (Wildman–Crippen LogP) is 0.412. The highest BCUT2D eigenvalue weighted by molar-refractivity contribution is 7.89. The Kier molecular flexibility index (Phi) is 5.85. The molecule has 1 fully saturated rings. The normalized spacial score (nSPS) is 27.2. The van der Waals surface area contributed by atoms with Crippen molar-refractivity contribution in [3.05, 3.63) is 0 Å². The lowest BCUT2D eigenvalue weighted by Crippen LogP contribution is -2.47. The Hall–Kier alpha value is -0.170. The molecule has 1 rings (SSSR count). The van der Waals surface area contributed by atoms with Gasteiger partial charge in [-0.1, -0.05) is 0 Å². The smallest absolute Gasteiger partial charge is 0.214 e. The summed E-state index contributed by atoms with van der Waals surface area (Å²) in [7, 11) is -1.57. The van der Waals surface area contributed by atoms with Crippen LogP contribution in [0.3, 0.4) is 0 Å². The predicted molar refractivity (Wildman–Crippen MR) is 68.2 cm³/mol. The molecule has 0 spiro atoms. The molecule has 0 aromatic rings. The van der Waals surface area contributed by atoms with Crippen molar-refractivity contribution in [2.45, 2.75) is 32.2 Å². The minimum atomic E-state index is -3.15. The van der Waals surface area contributed by atoms with Gasteiger partial charge in [0.1, 0.15) is 0 Å². The van der Waals surface area contributed by atoms with Gasteiger partial charge in [0, 0.05) is 26.3 Å². The van der Waals surface area contributed by atoms with Crippen molar-refractivity contribution in [3.63, 3.8) is 0 Å². The van der Waals surface area contributed by atoms with E-state index in [0.717, 1.165) is 12.8 Å². The standard InChI is InChI=1S/C11H24N2O3S/c1-10-4-5-11(8-12)9-13(10)17(14,15)7-3-6-16-2/h10-11H,3-9,12H2,1-2H3. The Morgan fingerprint density at radius 1 is 1.41 bits per heavy atom. The van der Waals surface area contributed by atoms with Gasteiger partial charge in [-0.2, -0.15) is 4.31 Å². The summed E-state index contributed by atoms with van der Waals surface area (Å²) in [5.41, 5.74) is 5.63. The van der Waals surface area contributed by atoms with Crippen LogP contribution in [0.2, 0.25) is 0 Å². The van der Waals surface area contributed by atoms with Crippen LogP contribution in [0.15, 0.2) is 0 Å². The average Bonchev–Trinajstić information content (AvgIpc) is 2.29. The molecule has 1 aliphatic rings. The van der Waals surface area contributed by atoms with Crippen molar-refractivity contribution in [2.24, 2.45) is 11.7 Å². The van der Waals surface area contributed by atoms with Gasteiger partial charge in [-0.25, -0.2) is 8.42 Å². The van der Waals surface area contributed by atoms with Crippen molar-refractivity contribution in [1.82, 2.24) is 4.31 Å². The van der Waals surface area contributed by atoms with Crippen LogP contribution in [0.1, 0.15) is 26.2 Å². The number of methoxy groups -OCH3 is 1. The number of hydrogen-bond acceptors (Lipinski definition) is 4. The molecule has 2 atom stereocenters. The maximum atomic E-state index is 12.2. The van der Waals surface area contributed by atoms with Crippen LogP contribution in [0.4, 0.5) is 0 Å². The Bertz CT molecular complexity index is 319. The second-order valence-electron chi connectivity index (χ2n) is 4.76. The van der Waals surface area contributed by atoms with Crippen LogP contribution in [0, 0.1) is 5.92 Å². The molecule has 0 aliphatic carbocycles. The van der Waals surface area contributed by atoms with E-state index in [9.17, 15) is 8.42 Å². The van der Waals surface area contributed by atoms with E-state index in [1.165, 1.54) is 0 Å². The van der Waals surface area contributed by atoms with Crippen molar-refractivity contribution >= 4 is 10.0 Å². The van der Waals surface area contributed by atoms with E-state index in [1.54, 1.807) is 11.4 Å². The lowest BCUT2D eigenvalue weighted by Gasteiger charge is -2.36. The SMILES string of the molecule is COCCCS(=O)(=O)N1CC(CN)CCC1C. The van der Waals surface area contributed by atoms with Crippen LogP contribution < -0.4 is 5.73 Å². The zero-order valence-corrected chi connectivity index (χ0v) is 11.6. The number of ether oxygens (including phenoxy) is 1. The van der Waals surface area contributed by atoms with Crippen LogP contribution >= 0.6 is 0 Å². The first kappa shape index (κ1) is 14.9. The van der Waals surface area contributed by atoms with Gasteiger partial charge in [0.2, 0.25) is 10.0 Å². The Morgan fingerprint density at radius 2 is 2.12 bits per heavy atom. The molecule has 0 aromatic heterocycles. The quantitative estimate of drug-likeness (QED) is 0.705. The Balaban J connectivity index is 2.61. The summed E-state index contributed by atoms with van der Waals surface area (Å²) >= 11 is 0. The third kappa shape index (κ3) is 4.21. The largest absolute Gasteiger partial charge is 0.385 e. The topological polar surface area (TPSA) is 72.6 Å². The second kappa shape index (κ2) is 6.68. The van der Waals surface area contributed by atoms with E-state index >= 15 is 0 Å². The summed E-state index contributed by atoms with van der Waals surface area (Å²) in [6.45, 7) is 3.60. The molecule has 0 saturated carbocycles. The number of hydrogen-bond donors (Lipinski definition) is 1. The average molecular weight is 264 g/mol. The Morgan fingerprint density at radius 3 is 2.71 bits per heavy atom. The molecule has 5 nitrogen and oxygen atoms in total. The molecule has 0 amide bonds. The summed E-state index contributed by atoms with van der Waals surface area (Å²) in [5, 5.41) is 0. The molecule has 1 heterocycles. The van der Waals surface area contributed by atoms with E-state index in [1.807, 2.05) is 6.92 Å². The summed E-state index contributed by atoms with van der Waals surface area (Å²) in [6, 6.07) is 0.102. The summed E-state index contributed by atoms with van der Waals surface area (Å²) in [6.07, 6.45) is 2.49. The van der Waals surface area contributed by atoms with Crippen molar-refractivity contribution in [2.75, 3.05) is 32.6 Å². The zero-order valence-electron chi connectivity index (χ0n) is 10.8. The monoisotopic (exact) mass is 264 g/mol. The van der Waals surface area contributed by atoms with Gasteiger partial charge in [-0.15, -0.1) is 0 Å². The Labute approximate surface area is 104 Å². The fraction of sp³-hybridized carbons (Fsp3) is 1.00. The van der Waals surface area contributed by atoms with E-state index < -0.39 is 10.0 Å². The van der Waals surface area contributed by atoms with Gasteiger partial charge in [0.25, 0.3) is 0 Å². The summed E-state index contributed by atoms with van der Waals surface area (Å²) < 4.78 is 30.8. The molecule has 1 saturated heterocycles. The maximum absolute atomic E-state index is 12.2. The minimum absolute atomic E-state index is 0.102. The number of piperidine rings is 1. The number of sulfonamides is 1. The van der Waals surface area contributed by atoms with Gasteiger partial charge in [0.15, 0.2) is 0 Å². The molecule has 2 N–H and O–H groups in total. The summed E-state index contributed by atoms with van der Waals surface area (Å²) in [4.78, 5) is 0. The van der Waals surface area contributed by atoms with Crippen molar-refractivity contribution < 1.29 is 13.2 Å². The van der Waals surface area contributed by atoms with Crippen LogP contribution in [-0.4, -0.2) is 51.3 Å². The van der Waals surface area contributed by atoms with E-state index in [4.69, 9.17) is 10.5 Å². The van der Waals surface area contributed by atoms with Crippen molar-refractivity contribution in [1.29, 1.82) is 0 Å². The first-order valence-corrected chi connectivity index (χ1v) is 7.80. The maximum Gasteiger partial charge on any atom is 0.214 e. The fourth-order valence-corrected chi connectivity index (χ4v) is 4.04. The number of rotatable bonds is 6. The van der Waals surface area contributed by atoms with Crippen molar-refractivity contribution in [3.8, 4) is 0 Å². The molecule has 17 heavy (non-hydrogen) atoms. The molecule has 6 heteroatoms. The molecular formula is C11H24N2O3S. The van der Waals surface area contributed by atoms with Crippen LogP contribution in [0.25, 0.3) is 0 Å². The van der Waals surface area contributed by atoms with Gasteiger partial charge in [-0.05, 0) is 38.6 Å². The first-order chi connectivity index (χ1) is 8.01. The third-order valence-corrected chi connectivity index (χ3v) is 5.39. The zero-order chi connectivity index (χ0) is 12.9. The van der Waals surface area contributed by atoms with Gasteiger partial charge >= 0.3 is 0 Å². The van der Waals surface area contributed by atoms with Gasteiger partial charge in [0.05, 0.1) is 5.75 Å². The highest BCUT2D eigenvalue weighted by atomic mass is 32.2. The lowest BCUT2D eigenvalue weighted by atomic mass is 9.96. The molecule has 1 aliphatic heterocycles. The molecular weight excluding hydrogens is 240 g/mol. The van der Waals surface area contributed by atoms with Gasteiger partial charge in [-0.3, -0.25) is 0 Å². The minimum Gasteiger partial charge on any atom is -0.385 e. The third-order valence-electron chi connectivity index (χ3n) is 3.36. The highest BCUT2D eigenvalue weighted by Crippen LogP contribution is 2.24. The van der Waals surface area contributed by atoms with Crippen LogP contribution in [0.5, 0.6) is 0 Å². The summed E-state index contributed by atoms with van der Waals surface area (Å²) in [5.74, 6) is 0.478. The van der Waals surface area contributed by atoms with E-state index in [2.05, 4.69) is 0 Å². The fourth-order valence-electron chi connectivity index (χ4n) is 2.23. The highest BCUT2D eigenvalue weighted by Gasteiger charge is 2.32. The number of nitrogens with two attached hydrogens (primary N) is 1. The van der Waals surface area contributed by atoms with Gasteiger partial charge < -0.3 is 10.5 Å². The second-order valence-corrected chi connectivity index (χ2v) is 6.80. The first-order valence-electron chi connectivity index (χ1n) is 6.19. The molecule has 0 radical (unpaired) electrons. The molecule has 2 unspecified atom stereocenters. The van der Waals surface area contributed by atoms with E-state index in [-0.39, 0.29) is 11.8 Å². The van der Waals surface area contributed by atoms with E-state index in [0.29, 0.717) is 32.0 Å². The lowest BCUT2D eigenvalue weighted by molar-refractivity contribution is 0.195.